The molecule has 1 fully saturated rings. The summed E-state index contributed by atoms with van der Waals surface area (Å²) in [7, 11) is -3.47. The Labute approximate surface area is 156 Å². The lowest BCUT2D eigenvalue weighted by atomic mass is 9.96. The van der Waals surface area contributed by atoms with E-state index in [1.165, 1.54) is 11.9 Å². The van der Waals surface area contributed by atoms with Gasteiger partial charge in [0, 0.05) is 50.7 Å². The van der Waals surface area contributed by atoms with E-state index >= 15 is 0 Å². The normalized spacial score (nSPS) is 19.1. The fourth-order valence-corrected chi connectivity index (χ4v) is 5.18. The van der Waals surface area contributed by atoms with Crippen molar-refractivity contribution in [3.8, 4) is 0 Å². The maximum absolute atomic E-state index is 12.9. The summed E-state index contributed by atoms with van der Waals surface area (Å²) in [6.07, 6.45) is 8.82. The Balaban J connectivity index is 1.73. The summed E-state index contributed by atoms with van der Waals surface area (Å²) in [5.41, 5.74) is 1.18. The Morgan fingerprint density at radius 3 is 2.77 bits per heavy atom. The zero-order valence-electron chi connectivity index (χ0n) is 15.9. The first-order chi connectivity index (χ1) is 12.5. The number of aryl methyl sites for hydroxylation is 2. The molecule has 0 amide bonds. The second kappa shape index (κ2) is 7.92. The number of imidazole rings is 1. The number of hydrogen-bond donors (Lipinski definition) is 0. The molecule has 1 aliphatic heterocycles. The Morgan fingerprint density at radius 2 is 2.08 bits per heavy atom. The van der Waals surface area contributed by atoms with Gasteiger partial charge in [-0.1, -0.05) is 6.92 Å². The van der Waals surface area contributed by atoms with Gasteiger partial charge in [0.1, 0.15) is 10.7 Å². The van der Waals surface area contributed by atoms with Crippen LogP contribution in [0.25, 0.3) is 0 Å². The van der Waals surface area contributed by atoms with Gasteiger partial charge < -0.3 is 4.57 Å². The third kappa shape index (κ3) is 3.86. The smallest absolute Gasteiger partial charge is 0.246 e. The first-order valence-electron chi connectivity index (χ1n) is 9.49. The van der Waals surface area contributed by atoms with Gasteiger partial charge in [-0.15, -0.1) is 0 Å². The van der Waals surface area contributed by atoms with Gasteiger partial charge in [-0.3, -0.25) is 4.68 Å². The van der Waals surface area contributed by atoms with Crippen LogP contribution >= 0.6 is 0 Å². The van der Waals surface area contributed by atoms with Crippen molar-refractivity contribution in [3.63, 3.8) is 0 Å². The van der Waals surface area contributed by atoms with Gasteiger partial charge in [-0.05, 0) is 39.0 Å². The average molecular weight is 380 g/mol. The van der Waals surface area contributed by atoms with E-state index in [-0.39, 0.29) is 0 Å². The molecule has 1 saturated heterocycles. The quantitative estimate of drug-likeness (QED) is 0.741. The molecule has 1 aliphatic rings. The fourth-order valence-electron chi connectivity index (χ4n) is 3.67. The summed E-state index contributed by atoms with van der Waals surface area (Å²) < 4.78 is 31.4. The molecular weight excluding hydrogens is 350 g/mol. The van der Waals surface area contributed by atoms with Crippen LogP contribution in [0, 0.1) is 12.8 Å². The third-order valence-corrected chi connectivity index (χ3v) is 6.93. The lowest BCUT2D eigenvalue weighted by Crippen LogP contribution is -2.40. The van der Waals surface area contributed by atoms with Crippen molar-refractivity contribution in [2.24, 2.45) is 5.92 Å². The van der Waals surface area contributed by atoms with Crippen LogP contribution in [0.15, 0.2) is 23.5 Å². The average Bonchev–Trinajstić information content (AvgIpc) is 3.25. The van der Waals surface area contributed by atoms with Crippen molar-refractivity contribution in [1.82, 2.24) is 23.6 Å². The highest BCUT2D eigenvalue weighted by atomic mass is 32.2. The summed E-state index contributed by atoms with van der Waals surface area (Å²) in [6, 6.07) is 0. The molecule has 7 nitrogen and oxygen atoms in total. The molecule has 0 N–H and O–H groups in total. The molecule has 1 atom stereocenters. The van der Waals surface area contributed by atoms with Gasteiger partial charge in [0.05, 0.1) is 6.20 Å². The third-order valence-electron chi connectivity index (χ3n) is 5.11. The largest absolute Gasteiger partial charge is 0.332 e. The number of aromatic nitrogens is 4. The lowest BCUT2D eigenvalue weighted by Gasteiger charge is -2.31. The summed E-state index contributed by atoms with van der Waals surface area (Å²) in [5, 5.41) is 4.11. The van der Waals surface area contributed by atoms with Gasteiger partial charge in [0.15, 0.2) is 0 Å². The number of nitrogens with zero attached hydrogens (tertiary/aromatic N) is 5. The molecule has 26 heavy (non-hydrogen) atoms. The molecule has 1 unspecified atom stereocenters. The van der Waals surface area contributed by atoms with Crippen molar-refractivity contribution in [2.75, 3.05) is 13.1 Å². The molecular formula is C18H29N5O2S. The van der Waals surface area contributed by atoms with Crippen molar-refractivity contribution in [3.05, 3.63) is 30.1 Å². The van der Waals surface area contributed by atoms with Crippen LogP contribution in [-0.4, -0.2) is 45.1 Å². The molecule has 144 valence electrons. The topological polar surface area (TPSA) is 73.0 Å². The fraction of sp³-hybridized carbons (Fsp3) is 0.667. The highest BCUT2D eigenvalue weighted by Gasteiger charge is 2.31. The minimum atomic E-state index is -3.47. The van der Waals surface area contributed by atoms with Gasteiger partial charge in [-0.2, -0.15) is 9.40 Å². The number of rotatable bonds is 7. The summed E-state index contributed by atoms with van der Waals surface area (Å²) in [4.78, 5) is 4.86. The van der Waals surface area contributed by atoms with Gasteiger partial charge in [0.2, 0.25) is 10.0 Å². The van der Waals surface area contributed by atoms with E-state index in [0.717, 1.165) is 38.1 Å². The first-order valence-corrected chi connectivity index (χ1v) is 10.9. The summed E-state index contributed by atoms with van der Waals surface area (Å²) in [5.74, 6) is 1.38. The summed E-state index contributed by atoms with van der Waals surface area (Å²) >= 11 is 0. The molecule has 0 radical (unpaired) electrons. The Bertz CT molecular complexity index is 840. The van der Waals surface area contributed by atoms with Crippen LogP contribution in [0.4, 0.5) is 0 Å². The predicted octanol–water partition coefficient (Wildman–Crippen LogP) is 2.46. The zero-order valence-corrected chi connectivity index (χ0v) is 16.7. The van der Waals surface area contributed by atoms with E-state index in [0.29, 0.717) is 30.4 Å². The van der Waals surface area contributed by atoms with E-state index in [2.05, 4.69) is 28.5 Å². The maximum atomic E-state index is 12.9. The first kappa shape index (κ1) is 19.1. The second-order valence-electron chi connectivity index (χ2n) is 7.07. The van der Waals surface area contributed by atoms with E-state index in [1.807, 2.05) is 13.1 Å². The van der Waals surface area contributed by atoms with Crippen LogP contribution in [-0.2, 0) is 29.5 Å². The molecule has 3 rings (SSSR count). The highest BCUT2D eigenvalue weighted by molar-refractivity contribution is 7.89. The van der Waals surface area contributed by atoms with Crippen molar-refractivity contribution in [2.45, 2.75) is 64.4 Å². The van der Waals surface area contributed by atoms with E-state index in [1.54, 1.807) is 15.2 Å². The second-order valence-corrected chi connectivity index (χ2v) is 9.01. The molecule has 3 heterocycles. The SMILES string of the molecule is CCCn1c(C)cnc1CC1CCCN(S(=O)(=O)c2cnn(CC)c2)C1. The number of hydrogen-bond acceptors (Lipinski definition) is 4. The highest BCUT2D eigenvalue weighted by Crippen LogP contribution is 2.26. The predicted molar refractivity (Wildman–Crippen MR) is 100 cm³/mol. The Morgan fingerprint density at radius 1 is 1.27 bits per heavy atom. The van der Waals surface area contributed by atoms with E-state index in [4.69, 9.17) is 0 Å². The minimum Gasteiger partial charge on any atom is -0.332 e. The summed E-state index contributed by atoms with van der Waals surface area (Å²) in [6.45, 7) is 8.95. The van der Waals surface area contributed by atoms with Crippen LogP contribution in [0.5, 0.6) is 0 Å². The maximum Gasteiger partial charge on any atom is 0.246 e. The van der Waals surface area contributed by atoms with Crippen LogP contribution < -0.4 is 0 Å². The molecule has 2 aromatic heterocycles. The van der Waals surface area contributed by atoms with Gasteiger partial charge in [-0.25, -0.2) is 13.4 Å². The standard InChI is InChI=1S/C18H29N5O2S/c1-4-8-23-15(3)11-19-18(23)10-16-7-6-9-22(13-16)26(24,25)17-12-20-21(5-2)14-17/h11-12,14,16H,4-10,13H2,1-3H3. The molecule has 0 aliphatic carbocycles. The Hall–Kier alpha value is -1.67. The molecule has 8 heteroatoms. The van der Waals surface area contributed by atoms with Crippen LogP contribution in [0.1, 0.15) is 44.6 Å². The molecule has 0 aromatic carbocycles. The molecule has 0 spiro atoms. The van der Waals surface area contributed by atoms with Crippen molar-refractivity contribution < 1.29 is 8.42 Å². The molecule has 0 bridgehead atoms. The monoisotopic (exact) mass is 379 g/mol. The molecule has 0 saturated carbocycles. The van der Waals surface area contributed by atoms with Crippen molar-refractivity contribution >= 4 is 10.0 Å². The van der Waals surface area contributed by atoms with Gasteiger partial charge in [0.25, 0.3) is 0 Å². The number of piperidine rings is 1. The van der Waals surface area contributed by atoms with E-state index < -0.39 is 10.0 Å². The van der Waals surface area contributed by atoms with Crippen LogP contribution in [0.3, 0.4) is 0 Å². The van der Waals surface area contributed by atoms with E-state index in [9.17, 15) is 8.42 Å². The van der Waals surface area contributed by atoms with Crippen molar-refractivity contribution in [1.29, 1.82) is 0 Å². The van der Waals surface area contributed by atoms with Crippen LogP contribution in [0.2, 0.25) is 0 Å². The lowest BCUT2D eigenvalue weighted by molar-refractivity contribution is 0.261. The zero-order chi connectivity index (χ0) is 18.7. The minimum absolute atomic E-state index is 0.295. The number of sulfonamides is 1. The Kier molecular flexibility index (Phi) is 5.82. The molecule has 2 aromatic rings. The van der Waals surface area contributed by atoms with Gasteiger partial charge >= 0.3 is 0 Å².